The molecule has 0 bridgehead atoms. The summed E-state index contributed by atoms with van der Waals surface area (Å²) < 4.78 is 10.7. The van der Waals surface area contributed by atoms with Crippen molar-refractivity contribution in [2.45, 2.75) is 89.8 Å². The number of epoxide rings is 2. The highest BCUT2D eigenvalue weighted by Crippen LogP contribution is 2.25. The van der Waals surface area contributed by atoms with E-state index in [1.54, 1.807) is 5.57 Å². The zero-order chi connectivity index (χ0) is 14.0. The summed E-state index contributed by atoms with van der Waals surface area (Å²) >= 11 is 0. The molecular weight excluding hydrogens is 248 g/mol. The van der Waals surface area contributed by atoms with Gasteiger partial charge in [0, 0.05) is 0 Å². The molecule has 2 nitrogen and oxygen atoms in total. The van der Waals surface area contributed by atoms with E-state index in [1.165, 1.54) is 64.2 Å². The Kier molecular flexibility index (Phi) is 7.67. The minimum Gasteiger partial charge on any atom is -0.373 e. The van der Waals surface area contributed by atoms with Crippen LogP contribution in [0.5, 0.6) is 0 Å². The van der Waals surface area contributed by atoms with Gasteiger partial charge in [-0.15, -0.1) is 0 Å². The Hall–Kier alpha value is -0.340. The van der Waals surface area contributed by atoms with Crippen molar-refractivity contribution in [3.8, 4) is 0 Å². The van der Waals surface area contributed by atoms with E-state index >= 15 is 0 Å². The summed E-state index contributed by atoms with van der Waals surface area (Å²) in [5.41, 5.74) is 1.62. The fraction of sp³-hybridized carbons (Fsp3) is 0.889. The maximum atomic E-state index is 5.37. The fourth-order valence-corrected chi connectivity index (χ4v) is 2.75. The Labute approximate surface area is 124 Å². The first-order valence-electron chi connectivity index (χ1n) is 8.79. The monoisotopic (exact) mass is 280 g/mol. The van der Waals surface area contributed by atoms with Gasteiger partial charge in [-0.25, -0.2) is 0 Å². The summed E-state index contributed by atoms with van der Waals surface area (Å²) in [4.78, 5) is 0. The molecular formula is C18H32O2. The third-order valence-corrected chi connectivity index (χ3v) is 4.32. The Bertz CT molecular complexity index is 277. The van der Waals surface area contributed by atoms with Gasteiger partial charge in [0.15, 0.2) is 0 Å². The van der Waals surface area contributed by atoms with E-state index in [1.807, 2.05) is 0 Å². The van der Waals surface area contributed by atoms with Crippen LogP contribution in [-0.4, -0.2) is 25.4 Å². The van der Waals surface area contributed by atoms with E-state index in [4.69, 9.17) is 9.47 Å². The van der Waals surface area contributed by atoms with Gasteiger partial charge in [0.05, 0.1) is 25.4 Å². The lowest BCUT2D eigenvalue weighted by atomic mass is 10.00. The standard InChI is InChI=1S/C18H32O2/c1-2-3-4-5-6-7-8-9-10-16(13-18-15-20-18)11-12-17-14-19-17/h11,17-18H,2-10,12-15H2,1H3. The minimum absolute atomic E-state index is 0.531. The van der Waals surface area contributed by atoms with Crippen LogP contribution in [0.2, 0.25) is 0 Å². The van der Waals surface area contributed by atoms with Crippen LogP contribution in [0.4, 0.5) is 0 Å². The first-order chi connectivity index (χ1) is 9.88. The van der Waals surface area contributed by atoms with Crippen LogP contribution in [0.1, 0.15) is 77.6 Å². The average molecular weight is 280 g/mol. The lowest BCUT2D eigenvalue weighted by Gasteiger charge is -2.06. The molecule has 2 heteroatoms. The summed E-state index contributed by atoms with van der Waals surface area (Å²) in [5.74, 6) is 0. The van der Waals surface area contributed by atoms with Crippen LogP contribution >= 0.6 is 0 Å². The van der Waals surface area contributed by atoms with Crippen LogP contribution in [-0.2, 0) is 9.47 Å². The Balaban J connectivity index is 1.48. The lowest BCUT2D eigenvalue weighted by molar-refractivity contribution is 0.401. The van der Waals surface area contributed by atoms with E-state index < -0.39 is 0 Å². The molecule has 2 saturated heterocycles. The third kappa shape index (κ3) is 8.06. The largest absolute Gasteiger partial charge is 0.373 e. The van der Waals surface area contributed by atoms with Crippen LogP contribution in [0.3, 0.4) is 0 Å². The second kappa shape index (κ2) is 9.57. The van der Waals surface area contributed by atoms with Crippen molar-refractivity contribution in [3.63, 3.8) is 0 Å². The van der Waals surface area contributed by atoms with Crippen molar-refractivity contribution in [1.82, 2.24) is 0 Å². The number of hydrogen-bond acceptors (Lipinski definition) is 2. The first-order valence-corrected chi connectivity index (χ1v) is 8.79. The van der Waals surface area contributed by atoms with Crippen LogP contribution in [0.15, 0.2) is 11.6 Å². The van der Waals surface area contributed by atoms with Crippen molar-refractivity contribution >= 4 is 0 Å². The Morgan fingerprint density at radius 1 is 0.900 bits per heavy atom. The summed E-state index contributed by atoms with van der Waals surface area (Å²) in [7, 11) is 0. The molecule has 0 aromatic rings. The molecule has 0 aromatic carbocycles. The molecule has 0 aliphatic carbocycles. The van der Waals surface area contributed by atoms with Gasteiger partial charge in [-0.1, -0.05) is 63.5 Å². The SMILES string of the molecule is CCCCCCCCCCC(=CCC1CO1)CC1CO1. The highest BCUT2D eigenvalue weighted by Gasteiger charge is 2.25. The third-order valence-electron chi connectivity index (χ3n) is 4.32. The first kappa shape index (κ1) is 16.0. The number of rotatable bonds is 13. The summed E-state index contributed by atoms with van der Waals surface area (Å²) in [5, 5.41) is 0. The van der Waals surface area contributed by atoms with Crippen LogP contribution in [0, 0.1) is 0 Å². The van der Waals surface area contributed by atoms with Gasteiger partial charge in [-0.3, -0.25) is 0 Å². The molecule has 2 heterocycles. The van der Waals surface area contributed by atoms with Crippen molar-refractivity contribution in [3.05, 3.63) is 11.6 Å². The topological polar surface area (TPSA) is 25.1 Å². The molecule has 2 rings (SSSR count). The van der Waals surface area contributed by atoms with E-state index in [2.05, 4.69) is 13.0 Å². The molecule has 0 radical (unpaired) electrons. The second-order valence-electron chi connectivity index (χ2n) is 6.44. The van der Waals surface area contributed by atoms with E-state index in [0.29, 0.717) is 12.2 Å². The van der Waals surface area contributed by atoms with Crippen molar-refractivity contribution in [2.24, 2.45) is 0 Å². The molecule has 2 aliphatic heterocycles. The summed E-state index contributed by atoms with van der Waals surface area (Å²) in [6.07, 6.45) is 18.3. The quantitative estimate of drug-likeness (QED) is 0.269. The van der Waals surface area contributed by atoms with Crippen molar-refractivity contribution < 1.29 is 9.47 Å². The van der Waals surface area contributed by atoms with Gasteiger partial charge in [0.25, 0.3) is 0 Å². The molecule has 0 aromatic heterocycles. The highest BCUT2D eigenvalue weighted by atomic mass is 16.6. The van der Waals surface area contributed by atoms with E-state index in [0.717, 1.165) is 19.6 Å². The molecule has 0 saturated carbocycles. The number of unbranched alkanes of at least 4 members (excludes halogenated alkanes) is 7. The van der Waals surface area contributed by atoms with Crippen LogP contribution < -0.4 is 0 Å². The maximum absolute atomic E-state index is 5.37. The Morgan fingerprint density at radius 3 is 2.10 bits per heavy atom. The smallest absolute Gasteiger partial charge is 0.0846 e. The van der Waals surface area contributed by atoms with Gasteiger partial charge >= 0.3 is 0 Å². The van der Waals surface area contributed by atoms with Gasteiger partial charge < -0.3 is 9.47 Å². The number of hydrogen-bond donors (Lipinski definition) is 0. The zero-order valence-electron chi connectivity index (χ0n) is 13.2. The predicted octanol–water partition coefficient (Wildman–Crippen LogP) is 5.02. The van der Waals surface area contributed by atoms with Gasteiger partial charge in [-0.05, 0) is 25.7 Å². The minimum atomic E-state index is 0.531. The molecule has 2 unspecified atom stereocenters. The molecule has 20 heavy (non-hydrogen) atoms. The van der Waals surface area contributed by atoms with Gasteiger partial charge in [0.2, 0.25) is 0 Å². The molecule has 0 amide bonds. The maximum Gasteiger partial charge on any atom is 0.0846 e. The molecule has 0 N–H and O–H groups in total. The highest BCUT2D eigenvalue weighted by molar-refractivity contribution is 5.07. The fourth-order valence-electron chi connectivity index (χ4n) is 2.75. The number of ether oxygens (including phenoxy) is 2. The van der Waals surface area contributed by atoms with Crippen LogP contribution in [0.25, 0.3) is 0 Å². The predicted molar refractivity (Wildman–Crippen MR) is 84.0 cm³/mol. The Morgan fingerprint density at radius 2 is 1.50 bits per heavy atom. The lowest BCUT2D eigenvalue weighted by Crippen LogP contribution is -1.93. The average Bonchev–Trinajstić information content (AvgIpc) is 3.33. The van der Waals surface area contributed by atoms with E-state index in [9.17, 15) is 0 Å². The molecule has 2 fully saturated rings. The summed E-state index contributed by atoms with van der Waals surface area (Å²) in [6, 6.07) is 0. The van der Waals surface area contributed by atoms with E-state index in [-0.39, 0.29) is 0 Å². The summed E-state index contributed by atoms with van der Waals surface area (Å²) in [6.45, 7) is 4.24. The molecule has 116 valence electrons. The van der Waals surface area contributed by atoms with Crippen molar-refractivity contribution in [1.29, 1.82) is 0 Å². The molecule has 2 aliphatic rings. The van der Waals surface area contributed by atoms with Gasteiger partial charge in [0.1, 0.15) is 0 Å². The molecule has 2 atom stereocenters. The molecule has 0 spiro atoms. The normalized spacial score (nSPS) is 24.9. The van der Waals surface area contributed by atoms with Gasteiger partial charge in [-0.2, -0.15) is 0 Å². The zero-order valence-corrected chi connectivity index (χ0v) is 13.2. The second-order valence-corrected chi connectivity index (χ2v) is 6.44. The van der Waals surface area contributed by atoms with Crippen molar-refractivity contribution in [2.75, 3.05) is 13.2 Å².